The van der Waals surface area contributed by atoms with Gasteiger partial charge in [-0.1, -0.05) is 24.3 Å². The molecule has 1 aromatic carbocycles. The first kappa shape index (κ1) is 14.6. The SMILES string of the molecule is CN=C(NCCn1cc(C)cn1)N1CCc2ccccc2C1. The lowest BCUT2D eigenvalue weighted by atomic mass is 10.0. The highest BCUT2D eigenvalue weighted by atomic mass is 15.3. The standard InChI is InChI=1S/C17H23N5/c1-14-11-20-22(12-14)10-8-19-17(18-2)21-9-7-15-5-3-4-6-16(15)13-21/h3-6,11-12H,7-10,13H2,1-2H3,(H,18,19). The smallest absolute Gasteiger partial charge is 0.194 e. The van der Waals surface area contributed by atoms with Crippen molar-refractivity contribution in [2.45, 2.75) is 26.4 Å². The van der Waals surface area contributed by atoms with Crippen molar-refractivity contribution in [1.82, 2.24) is 20.0 Å². The zero-order valence-electron chi connectivity index (χ0n) is 13.3. The molecule has 0 unspecified atom stereocenters. The molecule has 22 heavy (non-hydrogen) atoms. The van der Waals surface area contributed by atoms with Gasteiger partial charge in [0.2, 0.25) is 0 Å². The van der Waals surface area contributed by atoms with E-state index in [1.54, 1.807) is 0 Å². The van der Waals surface area contributed by atoms with Crippen LogP contribution < -0.4 is 5.32 Å². The van der Waals surface area contributed by atoms with E-state index in [4.69, 9.17) is 0 Å². The molecular weight excluding hydrogens is 274 g/mol. The maximum atomic E-state index is 4.42. The van der Waals surface area contributed by atoms with Gasteiger partial charge in [0.15, 0.2) is 5.96 Å². The van der Waals surface area contributed by atoms with Crippen molar-refractivity contribution in [1.29, 1.82) is 0 Å². The van der Waals surface area contributed by atoms with Crippen LogP contribution in [0.15, 0.2) is 41.7 Å². The highest BCUT2D eigenvalue weighted by Crippen LogP contribution is 2.18. The first-order valence-electron chi connectivity index (χ1n) is 7.77. The van der Waals surface area contributed by atoms with Crippen molar-refractivity contribution in [3.63, 3.8) is 0 Å². The molecule has 3 rings (SSSR count). The summed E-state index contributed by atoms with van der Waals surface area (Å²) in [5.41, 5.74) is 4.05. The fourth-order valence-electron chi connectivity index (χ4n) is 2.88. The lowest BCUT2D eigenvalue weighted by Gasteiger charge is -2.31. The summed E-state index contributed by atoms with van der Waals surface area (Å²) in [6.45, 7) is 5.67. The number of aliphatic imine (C=N–C) groups is 1. The molecule has 1 N–H and O–H groups in total. The third-order valence-electron chi connectivity index (χ3n) is 4.03. The van der Waals surface area contributed by atoms with Crippen molar-refractivity contribution in [2.24, 2.45) is 4.99 Å². The molecule has 0 saturated carbocycles. The monoisotopic (exact) mass is 297 g/mol. The molecule has 0 saturated heterocycles. The van der Waals surface area contributed by atoms with E-state index >= 15 is 0 Å². The van der Waals surface area contributed by atoms with Crippen LogP contribution in [0.5, 0.6) is 0 Å². The number of fused-ring (bicyclic) bond motifs is 1. The van der Waals surface area contributed by atoms with E-state index < -0.39 is 0 Å². The fraction of sp³-hybridized carbons (Fsp3) is 0.412. The van der Waals surface area contributed by atoms with Crippen LogP contribution in [0.2, 0.25) is 0 Å². The molecule has 5 heteroatoms. The number of guanidine groups is 1. The van der Waals surface area contributed by atoms with Gasteiger partial charge in [0.05, 0.1) is 12.7 Å². The average Bonchev–Trinajstić information content (AvgIpc) is 2.96. The number of nitrogens with zero attached hydrogens (tertiary/aromatic N) is 4. The second-order valence-electron chi connectivity index (χ2n) is 5.70. The summed E-state index contributed by atoms with van der Waals surface area (Å²) in [6, 6.07) is 8.66. The van der Waals surface area contributed by atoms with Gasteiger partial charge in [-0.3, -0.25) is 9.67 Å². The molecule has 0 bridgehead atoms. The maximum absolute atomic E-state index is 4.42. The van der Waals surface area contributed by atoms with Gasteiger partial charge in [0.1, 0.15) is 0 Å². The van der Waals surface area contributed by atoms with Crippen LogP contribution in [0.3, 0.4) is 0 Å². The molecule has 1 aliphatic rings. The number of benzene rings is 1. The van der Waals surface area contributed by atoms with Crippen LogP contribution >= 0.6 is 0 Å². The highest BCUT2D eigenvalue weighted by Gasteiger charge is 2.18. The molecule has 2 aromatic rings. The number of aromatic nitrogens is 2. The van der Waals surface area contributed by atoms with Gasteiger partial charge in [-0.25, -0.2) is 0 Å². The third kappa shape index (κ3) is 3.30. The summed E-state index contributed by atoms with van der Waals surface area (Å²) in [6.07, 6.45) is 5.02. The Hall–Kier alpha value is -2.30. The van der Waals surface area contributed by atoms with E-state index in [1.165, 1.54) is 16.7 Å². The number of rotatable bonds is 3. The van der Waals surface area contributed by atoms with E-state index in [2.05, 4.69) is 57.7 Å². The third-order valence-corrected chi connectivity index (χ3v) is 4.03. The second-order valence-corrected chi connectivity index (χ2v) is 5.70. The Balaban J connectivity index is 1.56. The van der Waals surface area contributed by atoms with Crippen LogP contribution in [0, 0.1) is 6.92 Å². The Morgan fingerprint density at radius 2 is 2.14 bits per heavy atom. The first-order valence-corrected chi connectivity index (χ1v) is 7.77. The maximum Gasteiger partial charge on any atom is 0.194 e. The van der Waals surface area contributed by atoms with E-state index in [0.29, 0.717) is 0 Å². The van der Waals surface area contributed by atoms with E-state index in [1.807, 2.05) is 17.9 Å². The van der Waals surface area contributed by atoms with Crippen LogP contribution in [-0.2, 0) is 19.5 Å². The van der Waals surface area contributed by atoms with Crippen molar-refractivity contribution >= 4 is 5.96 Å². The minimum Gasteiger partial charge on any atom is -0.354 e. The molecule has 2 heterocycles. The molecule has 116 valence electrons. The average molecular weight is 297 g/mol. The quantitative estimate of drug-likeness (QED) is 0.694. The van der Waals surface area contributed by atoms with Crippen molar-refractivity contribution in [2.75, 3.05) is 20.1 Å². The number of hydrogen-bond acceptors (Lipinski definition) is 2. The zero-order valence-corrected chi connectivity index (χ0v) is 13.3. The number of aryl methyl sites for hydroxylation is 1. The van der Waals surface area contributed by atoms with E-state index in [0.717, 1.165) is 38.6 Å². The molecule has 0 atom stereocenters. The van der Waals surface area contributed by atoms with Gasteiger partial charge < -0.3 is 10.2 Å². The Morgan fingerprint density at radius 1 is 1.32 bits per heavy atom. The number of hydrogen-bond donors (Lipinski definition) is 1. The van der Waals surface area contributed by atoms with Gasteiger partial charge in [-0.15, -0.1) is 0 Å². The van der Waals surface area contributed by atoms with E-state index in [-0.39, 0.29) is 0 Å². The van der Waals surface area contributed by atoms with Gasteiger partial charge >= 0.3 is 0 Å². The lowest BCUT2D eigenvalue weighted by molar-refractivity contribution is 0.377. The molecule has 1 aromatic heterocycles. The van der Waals surface area contributed by atoms with Gasteiger partial charge in [0.25, 0.3) is 0 Å². The van der Waals surface area contributed by atoms with Crippen molar-refractivity contribution < 1.29 is 0 Å². The van der Waals surface area contributed by atoms with Gasteiger partial charge in [-0.2, -0.15) is 5.10 Å². The second kappa shape index (κ2) is 6.64. The molecule has 0 aliphatic carbocycles. The Bertz CT molecular complexity index is 659. The van der Waals surface area contributed by atoms with Crippen molar-refractivity contribution in [3.05, 3.63) is 53.3 Å². The van der Waals surface area contributed by atoms with Crippen LogP contribution in [0.4, 0.5) is 0 Å². The highest BCUT2D eigenvalue weighted by molar-refractivity contribution is 5.80. The first-order chi connectivity index (χ1) is 10.8. The molecule has 1 aliphatic heterocycles. The topological polar surface area (TPSA) is 45.5 Å². The summed E-state index contributed by atoms with van der Waals surface area (Å²) in [7, 11) is 1.85. The van der Waals surface area contributed by atoms with Gasteiger partial charge in [0, 0.05) is 32.9 Å². The van der Waals surface area contributed by atoms with Crippen LogP contribution in [0.25, 0.3) is 0 Å². The Labute approximate surface area is 131 Å². The minimum atomic E-state index is 0.825. The summed E-state index contributed by atoms with van der Waals surface area (Å²) in [5, 5.41) is 7.75. The van der Waals surface area contributed by atoms with Crippen LogP contribution in [0.1, 0.15) is 16.7 Å². The Morgan fingerprint density at radius 3 is 2.86 bits per heavy atom. The van der Waals surface area contributed by atoms with E-state index in [9.17, 15) is 0 Å². The van der Waals surface area contributed by atoms with Gasteiger partial charge in [-0.05, 0) is 30.0 Å². The molecule has 5 nitrogen and oxygen atoms in total. The van der Waals surface area contributed by atoms with Crippen LogP contribution in [-0.4, -0.2) is 40.8 Å². The van der Waals surface area contributed by atoms with Crippen molar-refractivity contribution in [3.8, 4) is 0 Å². The minimum absolute atomic E-state index is 0.825. The predicted octanol–water partition coefficient (Wildman–Crippen LogP) is 1.83. The molecule has 0 radical (unpaired) electrons. The number of nitrogens with one attached hydrogen (secondary N) is 1. The summed E-state index contributed by atoms with van der Waals surface area (Å²) in [4.78, 5) is 6.74. The molecular formula is C17H23N5. The lowest BCUT2D eigenvalue weighted by Crippen LogP contribution is -2.44. The predicted molar refractivity (Wildman–Crippen MR) is 88.9 cm³/mol. The largest absolute Gasteiger partial charge is 0.354 e. The fourth-order valence-corrected chi connectivity index (χ4v) is 2.88. The normalized spacial score (nSPS) is 14.8. The molecule has 0 amide bonds. The summed E-state index contributed by atoms with van der Waals surface area (Å²) >= 11 is 0. The zero-order chi connectivity index (χ0) is 15.4. The summed E-state index contributed by atoms with van der Waals surface area (Å²) < 4.78 is 1.96. The molecule has 0 fully saturated rings. The molecule has 0 spiro atoms. The summed E-state index contributed by atoms with van der Waals surface area (Å²) in [5.74, 6) is 0.971. The Kier molecular flexibility index (Phi) is 4.42.